The van der Waals surface area contributed by atoms with Crippen LogP contribution in [-0.2, 0) is 11.3 Å². The van der Waals surface area contributed by atoms with Gasteiger partial charge in [0, 0.05) is 19.8 Å². The predicted molar refractivity (Wildman–Crippen MR) is 125 cm³/mol. The highest BCUT2D eigenvalue weighted by molar-refractivity contribution is 5.12. The number of benzene rings is 1. The van der Waals surface area contributed by atoms with Crippen molar-refractivity contribution >= 4 is 0 Å². The van der Waals surface area contributed by atoms with Crippen LogP contribution >= 0.6 is 0 Å². The molecule has 0 radical (unpaired) electrons. The third-order valence-electron chi connectivity index (χ3n) is 5.11. The third-order valence-corrected chi connectivity index (χ3v) is 5.11. The Bertz CT molecular complexity index is 376. The fourth-order valence-corrected chi connectivity index (χ4v) is 3.25. The Hall–Kier alpha value is -0.900. The van der Waals surface area contributed by atoms with Gasteiger partial charge in [-0.1, -0.05) is 121 Å². The van der Waals surface area contributed by atoms with Gasteiger partial charge in [0.25, 0.3) is 0 Å². The summed E-state index contributed by atoms with van der Waals surface area (Å²) in [7, 11) is 0. The van der Waals surface area contributed by atoms with E-state index in [9.17, 15) is 0 Å². The first-order chi connectivity index (χ1) is 14.3. The topological polar surface area (TPSA) is 49.7 Å². The Kier molecular flexibility index (Phi) is 24.4. The lowest BCUT2D eigenvalue weighted by Crippen LogP contribution is -1.98. The zero-order valence-electron chi connectivity index (χ0n) is 19.1. The molecule has 2 N–H and O–H groups in total. The fraction of sp³-hybridized carbons (Fsp3) is 0.769. The number of hydrogen-bond donors (Lipinski definition) is 2. The van der Waals surface area contributed by atoms with E-state index in [1.165, 1.54) is 89.9 Å². The zero-order valence-corrected chi connectivity index (χ0v) is 19.1. The molecule has 0 aliphatic heterocycles. The fourth-order valence-electron chi connectivity index (χ4n) is 3.25. The van der Waals surface area contributed by atoms with Gasteiger partial charge in [-0.05, 0) is 18.4 Å². The molecule has 0 heterocycles. The predicted octanol–water partition coefficient (Wildman–Crippen LogP) is 7.05. The molecular formula is C26H48O3. The van der Waals surface area contributed by atoms with Gasteiger partial charge in [-0.25, -0.2) is 0 Å². The van der Waals surface area contributed by atoms with Crippen LogP contribution in [-0.4, -0.2) is 30.0 Å². The van der Waals surface area contributed by atoms with Crippen molar-refractivity contribution in [3.05, 3.63) is 35.9 Å². The van der Waals surface area contributed by atoms with Gasteiger partial charge >= 0.3 is 0 Å². The molecule has 0 spiro atoms. The van der Waals surface area contributed by atoms with Crippen molar-refractivity contribution < 1.29 is 14.9 Å². The van der Waals surface area contributed by atoms with Crippen molar-refractivity contribution in [2.24, 2.45) is 0 Å². The minimum absolute atomic E-state index is 0.140. The van der Waals surface area contributed by atoms with Gasteiger partial charge < -0.3 is 14.9 Å². The van der Waals surface area contributed by atoms with E-state index in [4.69, 9.17) is 14.9 Å². The second kappa shape index (κ2) is 25.1. The van der Waals surface area contributed by atoms with E-state index in [-0.39, 0.29) is 13.2 Å². The van der Waals surface area contributed by atoms with E-state index < -0.39 is 0 Å². The van der Waals surface area contributed by atoms with E-state index >= 15 is 0 Å². The lowest BCUT2D eigenvalue weighted by Gasteiger charge is -2.04. The van der Waals surface area contributed by atoms with E-state index in [1.54, 1.807) is 0 Å². The number of aliphatic hydroxyl groups is 2. The molecule has 0 aromatic heterocycles. The first-order valence-electron chi connectivity index (χ1n) is 12.2. The molecule has 0 amide bonds. The van der Waals surface area contributed by atoms with Gasteiger partial charge in [-0.2, -0.15) is 0 Å². The van der Waals surface area contributed by atoms with E-state index in [0.717, 1.165) is 25.2 Å². The average Bonchev–Trinajstić information content (AvgIpc) is 2.77. The molecule has 0 saturated heterocycles. The summed E-state index contributed by atoms with van der Waals surface area (Å²) in [6.45, 7) is 4.26. The van der Waals surface area contributed by atoms with E-state index in [1.807, 2.05) is 30.3 Å². The van der Waals surface area contributed by atoms with Gasteiger partial charge in [0.15, 0.2) is 0 Å². The largest absolute Gasteiger partial charge is 0.396 e. The molecule has 1 rings (SSSR count). The lowest BCUT2D eigenvalue weighted by atomic mass is 10.0. The minimum atomic E-state index is 0.140. The summed E-state index contributed by atoms with van der Waals surface area (Å²) in [6.07, 6.45) is 20.3. The molecule has 0 saturated carbocycles. The molecule has 0 aliphatic carbocycles. The minimum Gasteiger partial charge on any atom is -0.396 e. The van der Waals surface area contributed by atoms with Gasteiger partial charge in [0.1, 0.15) is 0 Å². The first-order valence-corrected chi connectivity index (χ1v) is 12.2. The molecule has 1 aromatic rings. The first kappa shape index (κ1) is 28.1. The van der Waals surface area contributed by atoms with Crippen molar-refractivity contribution in [2.45, 2.75) is 110 Å². The maximum atomic E-state index is 8.61. The molecule has 0 aliphatic rings. The van der Waals surface area contributed by atoms with Crippen LogP contribution < -0.4 is 0 Å². The summed E-state index contributed by atoms with van der Waals surface area (Å²) >= 11 is 0. The molecule has 3 nitrogen and oxygen atoms in total. The highest BCUT2D eigenvalue weighted by Crippen LogP contribution is 2.12. The number of hydrogen-bond acceptors (Lipinski definition) is 3. The maximum absolute atomic E-state index is 8.61. The number of ether oxygens (including phenoxy) is 1. The van der Waals surface area contributed by atoms with Crippen LogP contribution in [0.4, 0.5) is 0 Å². The second-order valence-corrected chi connectivity index (χ2v) is 7.93. The molecular weight excluding hydrogens is 360 g/mol. The van der Waals surface area contributed by atoms with E-state index in [2.05, 4.69) is 6.92 Å². The van der Waals surface area contributed by atoms with Crippen LogP contribution in [0.5, 0.6) is 0 Å². The second-order valence-electron chi connectivity index (χ2n) is 7.93. The number of rotatable bonds is 19. The lowest BCUT2D eigenvalue weighted by molar-refractivity contribution is 0.112. The van der Waals surface area contributed by atoms with Crippen molar-refractivity contribution in [1.82, 2.24) is 0 Å². The molecule has 3 heteroatoms. The van der Waals surface area contributed by atoms with Crippen molar-refractivity contribution in [3.63, 3.8) is 0 Å². The Balaban J connectivity index is 0.000000807. The number of aliphatic hydroxyl groups excluding tert-OH is 2. The Morgan fingerprint density at radius 1 is 0.586 bits per heavy atom. The molecule has 29 heavy (non-hydrogen) atoms. The van der Waals surface area contributed by atoms with Crippen LogP contribution in [0.25, 0.3) is 0 Å². The van der Waals surface area contributed by atoms with Crippen LogP contribution in [0.3, 0.4) is 0 Å². The van der Waals surface area contributed by atoms with Crippen LogP contribution in [0.1, 0.15) is 109 Å². The zero-order chi connectivity index (χ0) is 21.3. The summed E-state index contributed by atoms with van der Waals surface area (Å²) in [6, 6.07) is 9.52. The van der Waals surface area contributed by atoms with Crippen molar-refractivity contribution in [2.75, 3.05) is 19.8 Å². The van der Waals surface area contributed by atoms with Crippen molar-refractivity contribution in [1.29, 1.82) is 0 Å². The summed E-state index contributed by atoms with van der Waals surface area (Å²) in [5.41, 5.74) is 0.965. The Labute approximate surface area is 180 Å². The summed E-state index contributed by atoms with van der Waals surface area (Å²) < 4.78 is 5.42. The quantitative estimate of drug-likeness (QED) is 0.241. The molecule has 0 atom stereocenters. The molecule has 0 fully saturated rings. The van der Waals surface area contributed by atoms with E-state index in [0.29, 0.717) is 0 Å². The Morgan fingerprint density at radius 3 is 1.45 bits per heavy atom. The van der Waals surface area contributed by atoms with Gasteiger partial charge in [-0.15, -0.1) is 0 Å². The summed E-state index contributed by atoms with van der Waals surface area (Å²) in [5, 5.41) is 17.1. The average molecular weight is 409 g/mol. The van der Waals surface area contributed by atoms with Gasteiger partial charge in [-0.3, -0.25) is 0 Å². The summed E-state index contributed by atoms with van der Waals surface area (Å²) in [5.74, 6) is 0. The van der Waals surface area contributed by atoms with Crippen LogP contribution in [0, 0.1) is 0 Å². The molecule has 0 unspecified atom stereocenters. The number of unbranched alkanes of at least 4 members (excludes halogenated alkanes) is 13. The molecule has 1 aromatic carbocycles. The van der Waals surface area contributed by atoms with Crippen molar-refractivity contribution in [3.8, 4) is 0 Å². The van der Waals surface area contributed by atoms with Gasteiger partial charge in [0.05, 0.1) is 6.61 Å². The third kappa shape index (κ3) is 23.2. The molecule has 0 bridgehead atoms. The van der Waals surface area contributed by atoms with Crippen LogP contribution in [0.15, 0.2) is 30.3 Å². The maximum Gasteiger partial charge on any atom is 0.0681 e. The summed E-state index contributed by atoms with van der Waals surface area (Å²) in [4.78, 5) is 0. The van der Waals surface area contributed by atoms with Gasteiger partial charge in [0.2, 0.25) is 0 Å². The Morgan fingerprint density at radius 2 is 1.03 bits per heavy atom. The smallest absolute Gasteiger partial charge is 0.0681 e. The highest BCUT2D eigenvalue weighted by atomic mass is 16.5. The highest BCUT2D eigenvalue weighted by Gasteiger charge is 1.94. The molecule has 170 valence electrons. The SMILES string of the molecule is CCCCCCCCCCCCCCCCOCCCO.OCc1ccccc1. The standard InChI is InChI=1S/C19H40O2.C7H8O/c1-2-3-4-5-6-7-8-9-10-11-12-13-14-15-18-21-19-16-17-20;8-6-7-4-2-1-3-5-7/h20H,2-19H2,1H3;1-5,8H,6H2. The monoisotopic (exact) mass is 408 g/mol. The normalized spacial score (nSPS) is 10.6. The van der Waals surface area contributed by atoms with Crippen LogP contribution in [0.2, 0.25) is 0 Å².